The molecule has 0 amide bonds. The standard InChI is InChI=1S/C16H21NO4S/c1-4-21-16-12(2)9-15(10-13(16)3)22(18,19)17-7-5-14-6-8-20-11-14/h6,8-11,17H,4-5,7H2,1-3H3. The van der Waals surface area contributed by atoms with Crippen molar-refractivity contribution in [2.75, 3.05) is 13.2 Å². The van der Waals surface area contributed by atoms with Crippen molar-refractivity contribution in [2.45, 2.75) is 32.1 Å². The fourth-order valence-corrected chi connectivity index (χ4v) is 3.49. The summed E-state index contributed by atoms with van der Waals surface area (Å²) in [5, 5.41) is 0. The molecule has 0 atom stereocenters. The first-order valence-electron chi connectivity index (χ1n) is 7.19. The first kappa shape index (κ1) is 16.6. The van der Waals surface area contributed by atoms with Gasteiger partial charge < -0.3 is 9.15 Å². The zero-order chi connectivity index (χ0) is 16.2. The number of nitrogens with one attached hydrogen (secondary N) is 1. The van der Waals surface area contributed by atoms with Gasteiger partial charge in [0.25, 0.3) is 0 Å². The van der Waals surface area contributed by atoms with Crippen LogP contribution in [0.5, 0.6) is 5.75 Å². The van der Waals surface area contributed by atoms with E-state index >= 15 is 0 Å². The van der Waals surface area contributed by atoms with Gasteiger partial charge >= 0.3 is 0 Å². The van der Waals surface area contributed by atoms with Crippen LogP contribution in [0.4, 0.5) is 0 Å². The Morgan fingerprint density at radius 3 is 2.45 bits per heavy atom. The fourth-order valence-electron chi connectivity index (χ4n) is 2.29. The third-order valence-corrected chi connectivity index (χ3v) is 4.76. The second-order valence-corrected chi connectivity index (χ2v) is 6.87. The molecule has 5 nitrogen and oxygen atoms in total. The molecule has 2 rings (SSSR count). The highest BCUT2D eigenvalue weighted by molar-refractivity contribution is 7.89. The Labute approximate surface area is 131 Å². The van der Waals surface area contributed by atoms with E-state index in [9.17, 15) is 8.42 Å². The molecule has 0 saturated carbocycles. The summed E-state index contributed by atoms with van der Waals surface area (Å²) in [4.78, 5) is 0.262. The normalized spacial score (nSPS) is 11.6. The molecule has 1 aromatic carbocycles. The Morgan fingerprint density at radius 2 is 1.91 bits per heavy atom. The van der Waals surface area contributed by atoms with Crippen molar-refractivity contribution in [3.63, 3.8) is 0 Å². The minimum Gasteiger partial charge on any atom is -0.493 e. The zero-order valence-corrected chi connectivity index (χ0v) is 13.9. The van der Waals surface area contributed by atoms with E-state index in [0.29, 0.717) is 19.6 Å². The lowest BCUT2D eigenvalue weighted by Gasteiger charge is -2.13. The maximum atomic E-state index is 12.4. The topological polar surface area (TPSA) is 68.5 Å². The van der Waals surface area contributed by atoms with E-state index in [-0.39, 0.29) is 4.90 Å². The van der Waals surface area contributed by atoms with E-state index in [0.717, 1.165) is 22.4 Å². The van der Waals surface area contributed by atoms with Gasteiger partial charge in [0.1, 0.15) is 5.75 Å². The monoisotopic (exact) mass is 323 g/mol. The van der Waals surface area contributed by atoms with Gasteiger partial charge in [-0.1, -0.05) is 0 Å². The number of rotatable bonds is 7. The van der Waals surface area contributed by atoms with Gasteiger partial charge in [0, 0.05) is 6.54 Å². The van der Waals surface area contributed by atoms with Gasteiger partial charge in [-0.2, -0.15) is 0 Å². The molecule has 0 aliphatic heterocycles. The molecular formula is C16H21NO4S. The summed E-state index contributed by atoms with van der Waals surface area (Å²) in [5.41, 5.74) is 2.59. The molecule has 0 aliphatic carbocycles. The van der Waals surface area contributed by atoms with Gasteiger partial charge in [0.2, 0.25) is 10.0 Å². The summed E-state index contributed by atoms with van der Waals surface area (Å²) in [6.07, 6.45) is 3.77. The molecule has 6 heteroatoms. The second kappa shape index (κ2) is 6.98. The third kappa shape index (κ3) is 3.90. The van der Waals surface area contributed by atoms with Crippen molar-refractivity contribution >= 4 is 10.0 Å². The average Bonchev–Trinajstić information content (AvgIpc) is 2.95. The SMILES string of the molecule is CCOc1c(C)cc(S(=O)(=O)NCCc2ccoc2)cc1C. The Balaban J connectivity index is 2.11. The van der Waals surface area contributed by atoms with Gasteiger partial charge in [0.05, 0.1) is 24.0 Å². The number of aryl methyl sites for hydroxylation is 2. The van der Waals surface area contributed by atoms with E-state index < -0.39 is 10.0 Å². The first-order chi connectivity index (χ1) is 10.4. The Morgan fingerprint density at radius 1 is 1.23 bits per heavy atom. The van der Waals surface area contributed by atoms with Gasteiger partial charge in [-0.3, -0.25) is 0 Å². The van der Waals surface area contributed by atoms with Crippen LogP contribution in [0.2, 0.25) is 0 Å². The molecule has 0 spiro atoms. The van der Waals surface area contributed by atoms with Crippen LogP contribution in [-0.2, 0) is 16.4 Å². The average molecular weight is 323 g/mol. The van der Waals surface area contributed by atoms with E-state index in [1.165, 1.54) is 0 Å². The minimum absolute atomic E-state index is 0.262. The summed E-state index contributed by atoms with van der Waals surface area (Å²) in [5.74, 6) is 0.750. The lowest BCUT2D eigenvalue weighted by atomic mass is 10.1. The van der Waals surface area contributed by atoms with Crippen LogP contribution in [0, 0.1) is 13.8 Å². The Kier molecular flexibility index (Phi) is 5.26. The van der Waals surface area contributed by atoms with E-state index in [1.54, 1.807) is 24.7 Å². The summed E-state index contributed by atoms with van der Waals surface area (Å²) in [7, 11) is -3.53. The molecule has 0 bridgehead atoms. The van der Waals surface area contributed by atoms with Gasteiger partial charge in [0.15, 0.2) is 0 Å². The number of hydrogen-bond acceptors (Lipinski definition) is 4. The van der Waals surface area contributed by atoms with Gasteiger partial charge in [-0.15, -0.1) is 0 Å². The van der Waals surface area contributed by atoms with Crippen molar-refractivity contribution in [2.24, 2.45) is 0 Å². The van der Waals surface area contributed by atoms with Crippen LogP contribution < -0.4 is 9.46 Å². The summed E-state index contributed by atoms with van der Waals surface area (Å²) >= 11 is 0. The Bertz CT molecular complexity index is 698. The fraction of sp³-hybridized carbons (Fsp3) is 0.375. The third-order valence-electron chi connectivity index (χ3n) is 3.32. The van der Waals surface area contributed by atoms with Crippen LogP contribution in [-0.4, -0.2) is 21.6 Å². The van der Waals surface area contributed by atoms with Crippen LogP contribution in [0.25, 0.3) is 0 Å². The number of ether oxygens (including phenoxy) is 1. The molecule has 0 aliphatic rings. The predicted molar refractivity (Wildman–Crippen MR) is 84.7 cm³/mol. The lowest BCUT2D eigenvalue weighted by Crippen LogP contribution is -2.26. The van der Waals surface area contributed by atoms with Crippen molar-refractivity contribution in [1.82, 2.24) is 4.72 Å². The van der Waals surface area contributed by atoms with E-state index in [4.69, 9.17) is 9.15 Å². The van der Waals surface area contributed by atoms with Crippen molar-refractivity contribution < 1.29 is 17.6 Å². The van der Waals surface area contributed by atoms with Crippen LogP contribution >= 0.6 is 0 Å². The lowest BCUT2D eigenvalue weighted by molar-refractivity contribution is 0.335. The van der Waals surface area contributed by atoms with Crippen LogP contribution in [0.3, 0.4) is 0 Å². The molecule has 0 radical (unpaired) electrons. The summed E-state index contributed by atoms with van der Waals surface area (Å²) in [6, 6.07) is 5.09. The molecule has 1 aromatic heterocycles. The highest BCUT2D eigenvalue weighted by Gasteiger charge is 2.17. The Hall–Kier alpha value is -1.79. The molecule has 22 heavy (non-hydrogen) atoms. The molecule has 2 aromatic rings. The van der Waals surface area contributed by atoms with Crippen LogP contribution in [0.1, 0.15) is 23.6 Å². The highest BCUT2D eigenvalue weighted by Crippen LogP contribution is 2.26. The first-order valence-corrected chi connectivity index (χ1v) is 8.67. The van der Waals surface area contributed by atoms with Crippen molar-refractivity contribution in [3.05, 3.63) is 47.4 Å². The largest absolute Gasteiger partial charge is 0.493 e. The quantitative estimate of drug-likeness (QED) is 0.851. The summed E-state index contributed by atoms with van der Waals surface area (Å²) in [6.45, 7) is 6.48. The molecular weight excluding hydrogens is 302 g/mol. The van der Waals surface area contributed by atoms with E-state index in [2.05, 4.69) is 4.72 Å². The minimum atomic E-state index is -3.53. The number of hydrogen-bond donors (Lipinski definition) is 1. The molecule has 120 valence electrons. The smallest absolute Gasteiger partial charge is 0.240 e. The van der Waals surface area contributed by atoms with Crippen molar-refractivity contribution in [1.29, 1.82) is 0 Å². The number of benzene rings is 1. The maximum absolute atomic E-state index is 12.4. The van der Waals surface area contributed by atoms with Crippen LogP contribution in [0.15, 0.2) is 40.0 Å². The highest BCUT2D eigenvalue weighted by atomic mass is 32.2. The van der Waals surface area contributed by atoms with E-state index in [1.807, 2.05) is 26.8 Å². The number of furan rings is 1. The van der Waals surface area contributed by atoms with Gasteiger partial charge in [-0.05, 0) is 62.1 Å². The maximum Gasteiger partial charge on any atom is 0.240 e. The molecule has 0 fully saturated rings. The second-order valence-electron chi connectivity index (χ2n) is 5.10. The molecule has 0 saturated heterocycles. The molecule has 1 heterocycles. The van der Waals surface area contributed by atoms with Crippen molar-refractivity contribution in [3.8, 4) is 5.75 Å². The predicted octanol–water partition coefficient (Wildman–Crippen LogP) is 2.82. The number of sulfonamides is 1. The summed E-state index contributed by atoms with van der Waals surface area (Å²) < 4.78 is 37.8. The zero-order valence-electron chi connectivity index (χ0n) is 13.0. The molecule has 1 N–H and O–H groups in total. The van der Waals surface area contributed by atoms with Gasteiger partial charge in [-0.25, -0.2) is 13.1 Å². The molecule has 0 unspecified atom stereocenters.